The Labute approximate surface area is 120 Å². The number of methoxy groups -OCH3 is 1. The van der Waals surface area contributed by atoms with Crippen LogP contribution in [0.25, 0.3) is 11.0 Å². The van der Waals surface area contributed by atoms with Gasteiger partial charge < -0.3 is 9.15 Å². The van der Waals surface area contributed by atoms with Crippen molar-refractivity contribution < 1.29 is 13.9 Å². The normalized spacial score (nSPS) is 10.5. The van der Waals surface area contributed by atoms with Crippen LogP contribution < -0.4 is 10.4 Å². The molecule has 3 aromatic rings. The predicted octanol–water partition coefficient (Wildman–Crippen LogP) is 3.03. The SMILES string of the molecule is COc1ccccc1C(=O)c1ccc2oc(=O)ccc2c1. The molecule has 0 saturated carbocycles. The number of rotatable bonds is 3. The van der Waals surface area contributed by atoms with Gasteiger partial charge >= 0.3 is 5.63 Å². The van der Waals surface area contributed by atoms with Crippen molar-refractivity contribution in [3.05, 3.63) is 76.1 Å². The van der Waals surface area contributed by atoms with Crippen LogP contribution in [-0.4, -0.2) is 12.9 Å². The number of hydrogen-bond acceptors (Lipinski definition) is 4. The number of para-hydroxylation sites is 1. The summed E-state index contributed by atoms with van der Waals surface area (Å²) in [4.78, 5) is 23.7. The van der Waals surface area contributed by atoms with E-state index in [-0.39, 0.29) is 5.78 Å². The lowest BCUT2D eigenvalue weighted by Gasteiger charge is -2.07. The van der Waals surface area contributed by atoms with Gasteiger partial charge in [-0.15, -0.1) is 0 Å². The molecule has 0 unspecified atom stereocenters. The third kappa shape index (κ3) is 2.43. The average Bonchev–Trinajstić information content (AvgIpc) is 2.53. The molecule has 0 saturated heterocycles. The smallest absolute Gasteiger partial charge is 0.336 e. The average molecular weight is 280 g/mol. The van der Waals surface area contributed by atoms with E-state index in [0.29, 0.717) is 27.8 Å². The van der Waals surface area contributed by atoms with Gasteiger partial charge in [0, 0.05) is 17.0 Å². The van der Waals surface area contributed by atoms with E-state index in [1.54, 1.807) is 42.5 Å². The Morgan fingerprint density at radius 2 is 1.86 bits per heavy atom. The Bertz CT molecular complexity index is 877. The second kappa shape index (κ2) is 5.25. The minimum absolute atomic E-state index is 0.138. The molecular weight excluding hydrogens is 268 g/mol. The Morgan fingerprint density at radius 1 is 1.05 bits per heavy atom. The summed E-state index contributed by atoms with van der Waals surface area (Å²) in [6.45, 7) is 0. The van der Waals surface area contributed by atoms with Crippen molar-refractivity contribution in [2.75, 3.05) is 7.11 Å². The third-order valence-corrected chi connectivity index (χ3v) is 3.23. The number of fused-ring (bicyclic) bond motifs is 1. The molecule has 0 radical (unpaired) electrons. The maximum Gasteiger partial charge on any atom is 0.336 e. The van der Waals surface area contributed by atoms with E-state index in [1.165, 1.54) is 13.2 Å². The maximum absolute atomic E-state index is 12.6. The van der Waals surface area contributed by atoms with E-state index in [9.17, 15) is 9.59 Å². The molecule has 104 valence electrons. The Morgan fingerprint density at radius 3 is 2.67 bits per heavy atom. The molecule has 0 fully saturated rings. The molecule has 0 aliphatic rings. The third-order valence-electron chi connectivity index (χ3n) is 3.23. The first-order chi connectivity index (χ1) is 10.2. The topological polar surface area (TPSA) is 56.5 Å². The highest BCUT2D eigenvalue weighted by atomic mass is 16.5. The summed E-state index contributed by atoms with van der Waals surface area (Å²) < 4.78 is 10.3. The number of benzene rings is 2. The molecule has 0 amide bonds. The van der Waals surface area contributed by atoms with E-state index < -0.39 is 5.63 Å². The molecule has 0 bridgehead atoms. The van der Waals surface area contributed by atoms with Gasteiger partial charge in [0.1, 0.15) is 11.3 Å². The lowest BCUT2D eigenvalue weighted by Crippen LogP contribution is -2.04. The van der Waals surface area contributed by atoms with Gasteiger partial charge in [0.25, 0.3) is 0 Å². The summed E-state index contributed by atoms with van der Waals surface area (Å²) in [6, 6.07) is 15.0. The number of hydrogen-bond donors (Lipinski definition) is 0. The predicted molar refractivity (Wildman–Crippen MR) is 78.9 cm³/mol. The lowest BCUT2D eigenvalue weighted by atomic mass is 10.0. The summed E-state index contributed by atoms with van der Waals surface area (Å²) in [5.41, 5.74) is 1.06. The summed E-state index contributed by atoms with van der Waals surface area (Å²) in [6.07, 6.45) is 0. The molecule has 0 aliphatic heterocycles. The van der Waals surface area contributed by atoms with Gasteiger partial charge in [-0.2, -0.15) is 0 Å². The highest BCUT2D eigenvalue weighted by Crippen LogP contribution is 2.23. The van der Waals surface area contributed by atoms with E-state index in [0.717, 1.165) is 0 Å². The zero-order valence-electron chi connectivity index (χ0n) is 11.3. The zero-order valence-corrected chi connectivity index (χ0v) is 11.3. The molecule has 2 aromatic carbocycles. The van der Waals surface area contributed by atoms with Gasteiger partial charge in [0.05, 0.1) is 12.7 Å². The summed E-state index contributed by atoms with van der Waals surface area (Å²) in [5.74, 6) is 0.391. The van der Waals surface area contributed by atoms with E-state index in [2.05, 4.69) is 0 Å². The second-order valence-corrected chi connectivity index (χ2v) is 4.54. The second-order valence-electron chi connectivity index (χ2n) is 4.54. The van der Waals surface area contributed by atoms with E-state index in [1.807, 2.05) is 6.07 Å². The molecule has 1 aromatic heterocycles. The first kappa shape index (κ1) is 13.1. The molecule has 0 spiro atoms. The number of carbonyl (C=O) groups is 1. The molecule has 1 heterocycles. The Kier molecular flexibility index (Phi) is 3.28. The molecule has 0 aliphatic carbocycles. The fourth-order valence-corrected chi connectivity index (χ4v) is 2.20. The largest absolute Gasteiger partial charge is 0.496 e. The van der Waals surface area contributed by atoms with Gasteiger partial charge in [0.2, 0.25) is 0 Å². The standard InChI is InChI=1S/C17H12O4/c1-20-15-5-3-2-4-13(15)17(19)12-6-8-14-11(10-12)7-9-16(18)21-14/h2-10H,1H3. The van der Waals surface area contributed by atoms with Gasteiger partial charge in [-0.25, -0.2) is 4.79 Å². The van der Waals surface area contributed by atoms with Gasteiger partial charge in [-0.3, -0.25) is 4.79 Å². The molecule has 4 heteroatoms. The summed E-state index contributed by atoms with van der Waals surface area (Å²) >= 11 is 0. The van der Waals surface area contributed by atoms with Gasteiger partial charge in [-0.1, -0.05) is 12.1 Å². The van der Waals surface area contributed by atoms with Crippen molar-refractivity contribution in [2.45, 2.75) is 0 Å². The van der Waals surface area contributed by atoms with Crippen LogP contribution in [0.2, 0.25) is 0 Å². The van der Waals surface area contributed by atoms with Gasteiger partial charge in [0.15, 0.2) is 5.78 Å². The number of ketones is 1. The van der Waals surface area contributed by atoms with Crippen molar-refractivity contribution >= 4 is 16.8 Å². The first-order valence-electron chi connectivity index (χ1n) is 6.40. The van der Waals surface area contributed by atoms with Crippen molar-refractivity contribution in [3.8, 4) is 5.75 Å². The quantitative estimate of drug-likeness (QED) is 0.546. The molecule has 21 heavy (non-hydrogen) atoms. The molecule has 0 atom stereocenters. The number of carbonyl (C=O) groups excluding carboxylic acids is 1. The summed E-state index contributed by atoms with van der Waals surface area (Å²) in [7, 11) is 1.53. The van der Waals surface area contributed by atoms with E-state index >= 15 is 0 Å². The maximum atomic E-state index is 12.6. The van der Waals surface area contributed by atoms with Crippen LogP contribution in [0.1, 0.15) is 15.9 Å². The van der Waals surface area contributed by atoms with Crippen molar-refractivity contribution in [2.24, 2.45) is 0 Å². The van der Waals surface area contributed by atoms with Crippen molar-refractivity contribution in [3.63, 3.8) is 0 Å². The van der Waals surface area contributed by atoms with Crippen LogP contribution in [0.15, 0.2) is 63.8 Å². The minimum Gasteiger partial charge on any atom is -0.496 e. The van der Waals surface area contributed by atoms with Crippen LogP contribution in [-0.2, 0) is 0 Å². The van der Waals surface area contributed by atoms with Crippen LogP contribution in [0, 0.1) is 0 Å². The zero-order chi connectivity index (χ0) is 14.8. The van der Waals surface area contributed by atoms with Crippen LogP contribution in [0.5, 0.6) is 5.75 Å². The lowest BCUT2D eigenvalue weighted by molar-refractivity contribution is 0.103. The monoisotopic (exact) mass is 280 g/mol. The van der Waals surface area contributed by atoms with Crippen LogP contribution in [0.4, 0.5) is 0 Å². The van der Waals surface area contributed by atoms with E-state index in [4.69, 9.17) is 9.15 Å². The highest BCUT2D eigenvalue weighted by Gasteiger charge is 2.14. The first-order valence-corrected chi connectivity index (χ1v) is 6.40. The molecule has 3 rings (SSSR count). The van der Waals surface area contributed by atoms with Crippen molar-refractivity contribution in [1.29, 1.82) is 0 Å². The molecule has 0 N–H and O–H groups in total. The van der Waals surface area contributed by atoms with Gasteiger partial charge in [-0.05, 0) is 36.4 Å². The fraction of sp³-hybridized carbons (Fsp3) is 0.0588. The Hall–Kier alpha value is -2.88. The van der Waals surface area contributed by atoms with Crippen LogP contribution >= 0.6 is 0 Å². The summed E-state index contributed by atoms with van der Waals surface area (Å²) in [5, 5.41) is 0.704. The van der Waals surface area contributed by atoms with Crippen LogP contribution in [0.3, 0.4) is 0 Å². The number of ether oxygens (including phenoxy) is 1. The minimum atomic E-state index is -0.411. The highest BCUT2D eigenvalue weighted by molar-refractivity contribution is 6.11. The molecular formula is C17H12O4. The van der Waals surface area contributed by atoms with Crippen molar-refractivity contribution in [1.82, 2.24) is 0 Å². The molecule has 4 nitrogen and oxygen atoms in total. The fourth-order valence-electron chi connectivity index (χ4n) is 2.20. The Balaban J connectivity index is 2.09.